The van der Waals surface area contributed by atoms with Crippen molar-refractivity contribution >= 4 is 20.9 Å². The summed E-state index contributed by atoms with van der Waals surface area (Å²) in [5.41, 5.74) is -5.62. The van der Waals surface area contributed by atoms with E-state index >= 15 is 0 Å². The van der Waals surface area contributed by atoms with Crippen molar-refractivity contribution in [3.05, 3.63) is 0 Å². The van der Waals surface area contributed by atoms with E-state index < -0.39 is 26.4 Å². The molecule has 0 radical (unpaired) electrons. The average Bonchev–Trinajstić information content (AvgIpc) is 1.56. The van der Waals surface area contributed by atoms with E-state index in [0.29, 0.717) is 0 Å². The molecule has 0 fully saturated rings. The van der Waals surface area contributed by atoms with Crippen LogP contribution in [0.15, 0.2) is 3.77 Å². The van der Waals surface area contributed by atoms with Gasteiger partial charge in [-0.1, -0.05) is 10.9 Å². The second-order valence-corrected chi connectivity index (χ2v) is 3.70. The molecule has 0 atom stereocenters. The van der Waals surface area contributed by atoms with Crippen molar-refractivity contribution in [3.63, 3.8) is 0 Å². The minimum Gasteiger partial charge on any atom is -0.453 e. The first kappa shape index (κ1) is 10.7. The molecule has 68 valence electrons. The maximum atomic E-state index is 11.3. The zero-order valence-electron chi connectivity index (χ0n) is 4.57. The molecular weight excluding hydrogens is 211 g/mol. The van der Waals surface area contributed by atoms with Crippen molar-refractivity contribution in [2.75, 3.05) is 0 Å². The summed E-state index contributed by atoms with van der Waals surface area (Å²) in [5, 5.41) is 0. The molecule has 0 aromatic rings. The van der Waals surface area contributed by atoms with Gasteiger partial charge in [0.1, 0.15) is 0 Å². The first-order chi connectivity index (χ1) is 4.67. The van der Waals surface area contributed by atoms with Gasteiger partial charge in [-0.05, 0) is 0 Å². The summed E-state index contributed by atoms with van der Waals surface area (Å²) >= 11 is 0. The topological polar surface area (TPSA) is 83.8 Å². The van der Waals surface area contributed by atoms with Gasteiger partial charge in [-0.25, -0.2) is 0 Å². The summed E-state index contributed by atoms with van der Waals surface area (Å²) in [5.74, 6) is 0. The highest BCUT2D eigenvalue weighted by atomic mass is 32.3. The van der Waals surface area contributed by atoms with E-state index in [-0.39, 0.29) is 0 Å². The largest absolute Gasteiger partial charge is 0.516 e. The lowest BCUT2D eigenvalue weighted by atomic mass is 11.6. The molecule has 0 saturated heterocycles. The van der Waals surface area contributed by atoms with Gasteiger partial charge in [-0.3, -0.25) is 3.77 Å². The van der Waals surface area contributed by atoms with Crippen LogP contribution in [0.5, 0.6) is 0 Å². The molecule has 0 aromatic heterocycles. The van der Waals surface area contributed by atoms with E-state index in [0.717, 1.165) is 0 Å². The molecule has 5 nitrogen and oxygen atoms in total. The van der Waals surface area contributed by atoms with Crippen LogP contribution in [0.4, 0.5) is 13.2 Å². The zero-order chi connectivity index (χ0) is 9.28. The van der Waals surface area contributed by atoms with Crippen LogP contribution in [0.2, 0.25) is 0 Å². The SMILES string of the molecule is O=[S-](O)=NS(=O)(=O)C(F)(F)F. The normalized spacial score (nSPS) is 16.7. The lowest BCUT2D eigenvalue weighted by molar-refractivity contribution is -0.0434. The molecule has 0 heterocycles. The highest BCUT2D eigenvalue weighted by Crippen LogP contribution is 2.24. The van der Waals surface area contributed by atoms with Gasteiger partial charge in [-0.15, -0.1) is 0 Å². The third kappa shape index (κ3) is 3.03. The number of hydrogen-bond acceptors (Lipinski definition) is 4. The minimum absolute atomic E-state index is 1.56. The molecule has 0 aliphatic heterocycles. The number of nitrogens with zero attached hydrogens (tertiary/aromatic N) is 1. The van der Waals surface area contributed by atoms with Crippen LogP contribution in [0.3, 0.4) is 0 Å². The van der Waals surface area contributed by atoms with Gasteiger partial charge in [0, 0.05) is 0 Å². The zero-order valence-corrected chi connectivity index (χ0v) is 6.20. The fourth-order valence-electron chi connectivity index (χ4n) is 0.126. The number of halogens is 3. The fourth-order valence-corrected chi connectivity index (χ4v) is 1.14. The fraction of sp³-hybridized carbons (Fsp3) is 1.00. The molecule has 1 N–H and O–H groups in total. The average molecular weight is 212 g/mol. The molecule has 0 amide bonds. The Morgan fingerprint density at radius 1 is 1.36 bits per heavy atom. The van der Waals surface area contributed by atoms with E-state index in [1.165, 1.54) is 0 Å². The lowest BCUT2D eigenvalue weighted by Crippen LogP contribution is -2.20. The van der Waals surface area contributed by atoms with Crippen LogP contribution in [-0.2, 0) is 25.1 Å². The summed E-state index contributed by atoms with van der Waals surface area (Å²) < 4.78 is 72.2. The Bertz CT molecular complexity index is 307. The van der Waals surface area contributed by atoms with Crippen LogP contribution in [0.25, 0.3) is 0 Å². The molecule has 0 rings (SSSR count). The number of alkyl halides is 3. The van der Waals surface area contributed by atoms with Crippen molar-refractivity contribution < 1.29 is 30.4 Å². The summed E-state index contributed by atoms with van der Waals surface area (Å²) in [6, 6.07) is 0. The van der Waals surface area contributed by atoms with Crippen molar-refractivity contribution in [2.24, 2.45) is 3.77 Å². The van der Waals surface area contributed by atoms with Crippen molar-refractivity contribution in [2.45, 2.75) is 5.51 Å². The van der Waals surface area contributed by atoms with Crippen molar-refractivity contribution in [1.82, 2.24) is 0 Å². The number of rotatable bonds is 1. The molecule has 0 saturated carbocycles. The van der Waals surface area contributed by atoms with Crippen molar-refractivity contribution in [3.8, 4) is 0 Å². The molecule has 0 bridgehead atoms. The maximum absolute atomic E-state index is 11.3. The quantitative estimate of drug-likeness (QED) is 0.505. The monoisotopic (exact) mass is 212 g/mol. The maximum Gasteiger partial charge on any atom is 0.516 e. The smallest absolute Gasteiger partial charge is 0.453 e. The number of hydrogen-bond donors (Lipinski definition) is 1. The number of sulfonamides is 1. The third-order valence-electron chi connectivity index (χ3n) is 0.454. The van der Waals surface area contributed by atoms with Crippen LogP contribution < -0.4 is 0 Å². The van der Waals surface area contributed by atoms with Gasteiger partial charge < -0.3 is 8.76 Å². The van der Waals surface area contributed by atoms with E-state index in [1.807, 2.05) is 0 Å². The van der Waals surface area contributed by atoms with Crippen molar-refractivity contribution in [1.29, 1.82) is 0 Å². The predicted molar refractivity (Wildman–Crippen MR) is 28.1 cm³/mol. The van der Waals surface area contributed by atoms with E-state index in [4.69, 9.17) is 4.55 Å². The second-order valence-electron chi connectivity index (χ2n) is 1.23. The molecule has 11 heavy (non-hydrogen) atoms. The Balaban J connectivity index is 5.12. The second kappa shape index (κ2) is 2.95. The Labute approximate surface area is 61.3 Å². The van der Waals surface area contributed by atoms with Gasteiger partial charge in [0.05, 0.1) is 0 Å². The Morgan fingerprint density at radius 2 is 1.73 bits per heavy atom. The standard InChI is InChI=1S/CHF3NO4S2/c2-1(3,4)11(8,9)5-10(6)7/h(H,5,6,7)/q-1. The van der Waals surface area contributed by atoms with Gasteiger partial charge >= 0.3 is 15.5 Å². The Kier molecular flexibility index (Phi) is 2.85. The predicted octanol–water partition coefficient (Wildman–Crippen LogP) is 0.456. The Morgan fingerprint density at radius 3 is 1.82 bits per heavy atom. The van der Waals surface area contributed by atoms with Gasteiger partial charge in [0.25, 0.3) is 0 Å². The third-order valence-corrected chi connectivity index (χ3v) is 2.33. The Hall–Kier alpha value is -0.350. The molecule has 0 aliphatic carbocycles. The van der Waals surface area contributed by atoms with Gasteiger partial charge in [0.2, 0.25) is 0 Å². The van der Waals surface area contributed by atoms with Crippen LogP contribution >= 0.6 is 0 Å². The molecule has 0 spiro atoms. The summed E-state index contributed by atoms with van der Waals surface area (Å²) in [6.07, 6.45) is 0. The summed E-state index contributed by atoms with van der Waals surface area (Å²) in [7, 11) is -9.19. The first-order valence-corrected chi connectivity index (χ1v) is 4.32. The van der Waals surface area contributed by atoms with Crippen LogP contribution in [0, 0.1) is 0 Å². The van der Waals surface area contributed by atoms with E-state index in [9.17, 15) is 25.8 Å². The molecule has 0 unspecified atom stereocenters. The van der Waals surface area contributed by atoms with E-state index in [1.54, 1.807) is 3.77 Å². The highest BCUT2D eigenvalue weighted by molar-refractivity contribution is 7.95. The lowest BCUT2D eigenvalue weighted by Gasteiger charge is -2.03. The summed E-state index contributed by atoms with van der Waals surface area (Å²) in [4.78, 5) is 0. The molecule has 0 aromatic carbocycles. The molecular formula is CHF3NO4S2-. The first-order valence-electron chi connectivity index (χ1n) is 1.82. The van der Waals surface area contributed by atoms with Crippen LogP contribution in [0.1, 0.15) is 0 Å². The summed E-state index contributed by atoms with van der Waals surface area (Å²) in [6.45, 7) is 0. The van der Waals surface area contributed by atoms with Gasteiger partial charge in [-0.2, -0.15) is 21.6 Å². The molecule has 0 aliphatic rings. The highest BCUT2D eigenvalue weighted by Gasteiger charge is 2.44. The van der Waals surface area contributed by atoms with Gasteiger partial charge in [0.15, 0.2) is 0 Å². The molecule has 10 heteroatoms. The van der Waals surface area contributed by atoms with Crippen LogP contribution in [-0.4, -0.2) is 18.5 Å². The minimum atomic E-state index is -5.82. The van der Waals surface area contributed by atoms with E-state index in [2.05, 4.69) is 0 Å².